The summed E-state index contributed by atoms with van der Waals surface area (Å²) in [5.41, 5.74) is 1.20. The molecule has 2 saturated heterocycles. The van der Waals surface area contributed by atoms with E-state index in [1.807, 2.05) is 36.6 Å². The number of hydrogen-bond acceptors (Lipinski definition) is 5. The molecule has 0 N–H and O–H groups in total. The summed E-state index contributed by atoms with van der Waals surface area (Å²) >= 11 is 0. The fraction of sp³-hybridized carbons (Fsp3) is 0.565. The standard InChI is InChI=1S/C23H29N3O4/c1-15-9-25(10-16(2)30-15)22(27)20-5-6-21-18-8-17(12-26(21)23(20)28)11-24(13-18)14-19-4-3-7-29-19/h3-7,15-18H,8-14H2,1-2H3/t15-,16+,17-,18+/m0/s1. The number of pyridine rings is 1. The normalized spacial score (nSPS) is 28.9. The van der Waals surface area contributed by atoms with Crippen molar-refractivity contribution in [3.8, 4) is 0 Å². The maximum absolute atomic E-state index is 13.3. The van der Waals surface area contributed by atoms with Gasteiger partial charge in [-0.2, -0.15) is 0 Å². The Hall–Kier alpha value is -2.38. The molecule has 0 radical (unpaired) electrons. The van der Waals surface area contributed by atoms with E-state index < -0.39 is 0 Å². The van der Waals surface area contributed by atoms with Gasteiger partial charge in [-0.3, -0.25) is 14.5 Å². The van der Waals surface area contributed by atoms with Gasteiger partial charge in [0.2, 0.25) is 0 Å². The summed E-state index contributed by atoms with van der Waals surface area (Å²) < 4.78 is 13.1. The van der Waals surface area contributed by atoms with Crippen molar-refractivity contribution in [2.75, 3.05) is 26.2 Å². The molecule has 3 aliphatic rings. The van der Waals surface area contributed by atoms with Crippen LogP contribution in [-0.2, 0) is 17.8 Å². The molecule has 5 heterocycles. The second-order valence-corrected chi connectivity index (χ2v) is 9.13. The van der Waals surface area contributed by atoms with E-state index in [1.54, 1.807) is 17.2 Å². The lowest BCUT2D eigenvalue weighted by Crippen LogP contribution is -2.51. The molecule has 0 spiro atoms. The SMILES string of the molecule is C[C@@H]1CN(C(=O)c2ccc3n(c2=O)C[C@H]2C[C@@H]3CN(Cc3ccco3)C2)C[C@H](C)O1. The molecule has 7 heteroatoms. The van der Waals surface area contributed by atoms with Crippen molar-refractivity contribution in [3.63, 3.8) is 0 Å². The van der Waals surface area contributed by atoms with E-state index in [0.29, 0.717) is 31.5 Å². The van der Waals surface area contributed by atoms with Gasteiger partial charge in [-0.1, -0.05) is 0 Å². The third kappa shape index (κ3) is 3.61. The zero-order chi connectivity index (χ0) is 20.8. The molecule has 5 rings (SSSR count). The fourth-order valence-corrected chi connectivity index (χ4v) is 5.47. The number of carbonyl (C=O) groups excluding carboxylic acids is 1. The third-order valence-corrected chi connectivity index (χ3v) is 6.58. The van der Waals surface area contributed by atoms with Gasteiger partial charge >= 0.3 is 0 Å². The van der Waals surface area contributed by atoms with E-state index in [9.17, 15) is 9.59 Å². The van der Waals surface area contributed by atoms with Gasteiger partial charge in [0, 0.05) is 44.3 Å². The van der Waals surface area contributed by atoms with Crippen LogP contribution in [0, 0.1) is 5.92 Å². The number of carbonyl (C=O) groups is 1. The highest BCUT2D eigenvalue weighted by Crippen LogP contribution is 2.35. The van der Waals surface area contributed by atoms with Crippen molar-refractivity contribution >= 4 is 5.91 Å². The highest BCUT2D eigenvalue weighted by molar-refractivity contribution is 5.94. The predicted molar refractivity (Wildman–Crippen MR) is 111 cm³/mol. The first-order chi connectivity index (χ1) is 14.5. The zero-order valence-electron chi connectivity index (χ0n) is 17.6. The molecule has 2 fully saturated rings. The molecular formula is C23H29N3O4. The number of amides is 1. The number of piperidine rings is 1. The van der Waals surface area contributed by atoms with Crippen molar-refractivity contribution in [2.24, 2.45) is 5.92 Å². The first kappa shape index (κ1) is 19.6. The van der Waals surface area contributed by atoms with Gasteiger partial charge in [0.15, 0.2) is 0 Å². The second kappa shape index (κ2) is 7.71. The van der Waals surface area contributed by atoms with E-state index in [0.717, 1.165) is 37.5 Å². The molecule has 2 aromatic heterocycles. The Labute approximate surface area is 176 Å². The van der Waals surface area contributed by atoms with Crippen LogP contribution in [0.4, 0.5) is 0 Å². The Morgan fingerprint density at radius 3 is 2.60 bits per heavy atom. The molecule has 0 unspecified atom stereocenters. The molecule has 30 heavy (non-hydrogen) atoms. The Bertz CT molecular complexity index is 973. The van der Waals surface area contributed by atoms with E-state index in [1.165, 1.54) is 0 Å². The van der Waals surface area contributed by atoms with E-state index >= 15 is 0 Å². The molecule has 0 aromatic carbocycles. The molecule has 7 nitrogen and oxygen atoms in total. The largest absolute Gasteiger partial charge is 0.468 e. The quantitative estimate of drug-likeness (QED) is 0.775. The number of furan rings is 1. The number of fused-ring (bicyclic) bond motifs is 4. The summed E-state index contributed by atoms with van der Waals surface area (Å²) in [5.74, 6) is 1.53. The lowest BCUT2D eigenvalue weighted by molar-refractivity contribution is -0.0586. The number of hydrogen-bond donors (Lipinski definition) is 0. The van der Waals surface area contributed by atoms with Crippen molar-refractivity contribution in [1.82, 2.24) is 14.4 Å². The number of nitrogens with zero attached hydrogens (tertiary/aromatic N) is 3. The summed E-state index contributed by atoms with van der Waals surface area (Å²) in [6, 6.07) is 7.67. The molecule has 2 aromatic rings. The van der Waals surface area contributed by atoms with Crippen LogP contribution < -0.4 is 5.56 Å². The van der Waals surface area contributed by atoms with Crippen LogP contribution in [0.2, 0.25) is 0 Å². The summed E-state index contributed by atoms with van der Waals surface area (Å²) in [6.07, 6.45) is 2.78. The Morgan fingerprint density at radius 2 is 1.87 bits per heavy atom. The van der Waals surface area contributed by atoms with Gasteiger partial charge in [0.05, 0.1) is 25.0 Å². The highest BCUT2D eigenvalue weighted by atomic mass is 16.5. The van der Waals surface area contributed by atoms with Crippen LogP contribution in [0.1, 0.15) is 48.0 Å². The van der Waals surface area contributed by atoms with Gasteiger partial charge < -0.3 is 18.6 Å². The molecule has 3 aliphatic heterocycles. The number of ether oxygens (including phenoxy) is 1. The Kier molecular flexibility index (Phi) is 5.03. The number of likely N-dealkylation sites (tertiary alicyclic amines) is 1. The average Bonchev–Trinajstić information content (AvgIpc) is 3.20. The van der Waals surface area contributed by atoms with Gasteiger partial charge in [0.1, 0.15) is 11.3 Å². The van der Waals surface area contributed by atoms with Crippen molar-refractivity contribution < 1.29 is 13.9 Å². The van der Waals surface area contributed by atoms with Crippen molar-refractivity contribution in [2.45, 2.75) is 51.5 Å². The number of rotatable bonds is 3. The lowest BCUT2D eigenvalue weighted by Gasteiger charge is -2.42. The maximum atomic E-state index is 13.3. The van der Waals surface area contributed by atoms with Crippen LogP contribution in [0.5, 0.6) is 0 Å². The van der Waals surface area contributed by atoms with Gasteiger partial charge in [0.25, 0.3) is 11.5 Å². The lowest BCUT2D eigenvalue weighted by atomic mass is 9.83. The van der Waals surface area contributed by atoms with Crippen molar-refractivity contribution in [3.05, 3.63) is 57.9 Å². The van der Waals surface area contributed by atoms with Crippen molar-refractivity contribution in [1.29, 1.82) is 0 Å². The van der Waals surface area contributed by atoms with Gasteiger partial charge in [-0.15, -0.1) is 0 Å². The van der Waals surface area contributed by atoms with Crippen LogP contribution in [0.15, 0.2) is 39.7 Å². The first-order valence-corrected chi connectivity index (χ1v) is 10.9. The second-order valence-electron chi connectivity index (χ2n) is 9.13. The van der Waals surface area contributed by atoms with E-state index in [2.05, 4.69) is 4.90 Å². The van der Waals surface area contributed by atoms with E-state index in [-0.39, 0.29) is 29.2 Å². The maximum Gasteiger partial charge on any atom is 0.263 e. The number of morpholine rings is 1. The van der Waals surface area contributed by atoms with Crippen LogP contribution in [0.3, 0.4) is 0 Å². The number of aromatic nitrogens is 1. The molecule has 0 saturated carbocycles. The molecule has 2 bridgehead atoms. The summed E-state index contributed by atoms with van der Waals surface area (Å²) in [4.78, 5) is 30.6. The molecular weight excluding hydrogens is 382 g/mol. The Balaban J connectivity index is 1.38. The van der Waals surface area contributed by atoms with Crippen LogP contribution in [-0.4, -0.2) is 58.7 Å². The zero-order valence-corrected chi connectivity index (χ0v) is 17.6. The molecule has 4 atom stereocenters. The minimum absolute atomic E-state index is 0.0161. The first-order valence-electron chi connectivity index (χ1n) is 10.9. The average molecular weight is 412 g/mol. The van der Waals surface area contributed by atoms with Gasteiger partial charge in [-0.25, -0.2) is 0 Å². The Morgan fingerprint density at radius 1 is 1.07 bits per heavy atom. The molecule has 0 aliphatic carbocycles. The predicted octanol–water partition coefficient (Wildman–Crippen LogP) is 2.31. The minimum atomic E-state index is -0.174. The smallest absolute Gasteiger partial charge is 0.263 e. The highest BCUT2D eigenvalue weighted by Gasteiger charge is 2.36. The van der Waals surface area contributed by atoms with Gasteiger partial charge in [-0.05, 0) is 50.5 Å². The van der Waals surface area contributed by atoms with Crippen LogP contribution >= 0.6 is 0 Å². The summed E-state index contributed by atoms with van der Waals surface area (Å²) in [6.45, 7) is 8.30. The monoisotopic (exact) mass is 411 g/mol. The summed E-state index contributed by atoms with van der Waals surface area (Å²) in [5, 5.41) is 0. The molecule has 1 amide bonds. The van der Waals surface area contributed by atoms with E-state index in [4.69, 9.17) is 9.15 Å². The fourth-order valence-electron chi connectivity index (χ4n) is 5.47. The third-order valence-electron chi connectivity index (χ3n) is 6.58. The topological polar surface area (TPSA) is 67.9 Å². The van der Waals surface area contributed by atoms with Crippen LogP contribution in [0.25, 0.3) is 0 Å². The minimum Gasteiger partial charge on any atom is -0.468 e. The molecule has 160 valence electrons. The summed E-state index contributed by atoms with van der Waals surface area (Å²) in [7, 11) is 0.